The Bertz CT molecular complexity index is 234. The van der Waals surface area contributed by atoms with Gasteiger partial charge in [0.05, 0.1) is 0 Å². The summed E-state index contributed by atoms with van der Waals surface area (Å²) in [6.45, 7) is 3.54. The van der Waals surface area contributed by atoms with Crippen molar-refractivity contribution in [2.45, 2.75) is 70.8 Å². The molecule has 3 rings (SSSR count). The molecule has 0 aliphatic heterocycles. The van der Waals surface area contributed by atoms with Gasteiger partial charge in [-0.1, -0.05) is 32.6 Å². The summed E-state index contributed by atoms with van der Waals surface area (Å²) in [5.74, 6) is 4.39. The minimum Gasteiger partial charge on any atom is -0.314 e. The van der Waals surface area contributed by atoms with Crippen LogP contribution in [0.25, 0.3) is 0 Å². The zero-order valence-corrected chi connectivity index (χ0v) is 11.5. The second kappa shape index (κ2) is 5.30. The van der Waals surface area contributed by atoms with E-state index in [1.165, 1.54) is 45.1 Å². The van der Waals surface area contributed by atoms with Crippen LogP contribution in [0.3, 0.4) is 0 Å². The number of hydrogen-bond donors (Lipinski definition) is 1. The molecule has 98 valence electrons. The Balaban J connectivity index is 1.51. The molecule has 17 heavy (non-hydrogen) atoms. The fourth-order valence-corrected chi connectivity index (χ4v) is 4.47. The summed E-state index contributed by atoms with van der Waals surface area (Å²) in [6.07, 6.45) is 13.5. The molecule has 1 nitrogen and oxygen atoms in total. The second-order valence-corrected chi connectivity index (χ2v) is 6.93. The molecule has 3 atom stereocenters. The van der Waals surface area contributed by atoms with Crippen LogP contribution in [0.15, 0.2) is 0 Å². The largest absolute Gasteiger partial charge is 0.314 e. The van der Waals surface area contributed by atoms with Crippen LogP contribution in [0.4, 0.5) is 0 Å². The van der Waals surface area contributed by atoms with Gasteiger partial charge in [0.1, 0.15) is 0 Å². The number of rotatable bonds is 6. The van der Waals surface area contributed by atoms with E-state index >= 15 is 0 Å². The summed E-state index contributed by atoms with van der Waals surface area (Å²) in [5, 5.41) is 3.88. The monoisotopic (exact) mass is 235 g/mol. The van der Waals surface area contributed by atoms with Crippen molar-refractivity contribution in [2.75, 3.05) is 6.54 Å². The average molecular weight is 235 g/mol. The van der Waals surface area contributed by atoms with E-state index in [9.17, 15) is 0 Å². The fraction of sp³-hybridized carbons (Fsp3) is 1.00. The van der Waals surface area contributed by atoms with E-state index in [4.69, 9.17) is 0 Å². The molecule has 0 spiro atoms. The van der Waals surface area contributed by atoms with E-state index in [1.807, 2.05) is 0 Å². The molecule has 0 bridgehead atoms. The maximum Gasteiger partial charge on any atom is 0.00981 e. The van der Waals surface area contributed by atoms with E-state index in [-0.39, 0.29) is 0 Å². The first-order chi connectivity index (χ1) is 8.36. The summed E-state index contributed by atoms with van der Waals surface area (Å²) < 4.78 is 0. The molecule has 3 aliphatic rings. The minimum absolute atomic E-state index is 0.867. The van der Waals surface area contributed by atoms with E-state index < -0.39 is 0 Å². The van der Waals surface area contributed by atoms with Crippen LogP contribution in [-0.2, 0) is 0 Å². The first-order valence-electron chi connectivity index (χ1n) is 8.10. The summed E-state index contributed by atoms with van der Waals surface area (Å²) in [6, 6.07) is 0.867. The highest BCUT2D eigenvalue weighted by molar-refractivity contribution is 4.99. The molecule has 0 radical (unpaired) electrons. The Hall–Kier alpha value is -0.0400. The zero-order chi connectivity index (χ0) is 11.7. The van der Waals surface area contributed by atoms with Crippen molar-refractivity contribution < 1.29 is 0 Å². The van der Waals surface area contributed by atoms with Crippen molar-refractivity contribution in [3.05, 3.63) is 0 Å². The van der Waals surface area contributed by atoms with E-state index in [0.29, 0.717) is 0 Å². The molecule has 1 heteroatoms. The standard InChI is InChI=1S/C16H29N/c1-2-7-17-16(8-12-5-3-4-6-12)15-10-13-9-14(13)11-15/h12-17H,2-11H2,1H3. The van der Waals surface area contributed by atoms with Gasteiger partial charge in [-0.3, -0.25) is 0 Å². The van der Waals surface area contributed by atoms with Crippen molar-refractivity contribution >= 4 is 0 Å². The van der Waals surface area contributed by atoms with Gasteiger partial charge in [0.25, 0.3) is 0 Å². The molecule has 0 amide bonds. The van der Waals surface area contributed by atoms with Crippen LogP contribution in [0.5, 0.6) is 0 Å². The smallest absolute Gasteiger partial charge is 0.00981 e. The zero-order valence-electron chi connectivity index (χ0n) is 11.5. The topological polar surface area (TPSA) is 12.0 Å². The van der Waals surface area contributed by atoms with E-state index in [0.717, 1.165) is 29.7 Å². The van der Waals surface area contributed by atoms with Gasteiger partial charge in [-0.2, -0.15) is 0 Å². The first-order valence-corrected chi connectivity index (χ1v) is 8.10. The maximum atomic E-state index is 3.88. The first kappa shape index (κ1) is 12.0. The third-order valence-corrected chi connectivity index (χ3v) is 5.57. The lowest BCUT2D eigenvalue weighted by Gasteiger charge is -2.28. The summed E-state index contributed by atoms with van der Waals surface area (Å²) in [5.41, 5.74) is 0. The van der Waals surface area contributed by atoms with Gasteiger partial charge in [-0.15, -0.1) is 0 Å². The molecular weight excluding hydrogens is 206 g/mol. The van der Waals surface area contributed by atoms with Crippen molar-refractivity contribution in [2.24, 2.45) is 23.7 Å². The highest BCUT2D eigenvalue weighted by atomic mass is 14.9. The summed E-state index contributed by atoms with van der Waals surface area (Å²) in [4.78, 5) is 0. The lowest BCUT2D eigenvalue weighted by atomic mass is 9.86. The van der Waals surface area contributed by atoms with Gasteiger partial charge < -0.3 is 5.32 Å². The van der Waals surface area contributed by atoms with Gasteiger partial charge >= 0.3 is 0 Å². The average Bonchev–Trinajstić information content (AvgIpc) is 2.80. The van der Waals surface area contributed by atoms with Crippen LogP contribution < -0.4 is 5.32 Å². The van der Waals surface area contributed by atoms with Crippen LogP contribution in [0.2, 0.25) is 0 Å². The van der Waals surface area contributed by atoms with Crippen LogP contribution in [-0.4, -0.2) is 12.6 Å². The Morgan fingerprint density at radius 2 is 1.76 bits per heavy atom. The van der Waals surface area contributed by atoms with Crippen LogP contribution in [0.1, 0.15) is 64.7 Å². The molecule has 0 aromatic carbocycles. The molecular formula is C16H29N. The van der Waals surface area contributed by atoms with Crippen LogP contribution in [0, 0.1) is 23.7 Å². The second-order valence-electron chi connectivity index (χ2n) is 6.93. The molecule has 3 unspecified atom stereocenters. The third-order valence-electron chi connectivity index (χ3n) is 5.57. The Morgan fingerprint density at radius 3 is 2.41 bits per heavy atom. The third kappa shape index (κ3) is 2.86. The summed E-state index contributed by atoms with van der Waals surface area (Å²) >= 11 is 0. The van der Waals surface area contributed by atoms with Crippen molar-refractivity contribution in [3.8, 4) is 0 Å². The van der Waals surface area contributed by atoms with Gasteiger partial charge in [-0.25, -0.2) is 0 Å². The highest BCUT2D eigenvalue weighted by Gasteiger charge is 2.47. The molecule has 3 saturated carbocycles. The van der Waals surface area contributed by atoms with Gasteiger partial charge in [-0.05, 0) is 62.3 Å². The normalized spacial score (nSPS) is 38.3. The molecule has 0 saturated heterocycles. The molecule has 3 aliphatic carbocycles. The molecule has 0 heterocycles. The molecule has 0 aromatic heterocycles. The minimum atomic E-state index is 0.867. The Morgan fingerprint density at radius 1 is 1.06 bits per heavy atom. The quantitative estimate of drug-likeness (QED) is 0.734. The summed E-state index contributed by atoms with van der Waals surface area (Å²) in [7, 11) is 0. The highest BCUT2D eigenvalue weighted by Crippen LogP contribution is 2.55. The molecule has 0 aromatic rings. The van der Waals surface area contributed by atoms with Crippen LogP contribution >= 0.6 is 0 Å². The number of hydrogen-bond acceptors (Lipinski definition) is 1. The van der Waals surface area contributed by atoms with Crippen molar-refractivity contribution in [3.63, 3.8) is 0 Å². The van der Waals surface area contributed by atoms with E-state index in [1.54, 1.807) is 19.3 Å². The van der Waals surface area contributed by atoms with Crippen molar-refractivity contribution in [1.82, 2.24) is 5.32 Å². The number of fused-ring (bicyclic) bond motifs is 1. The van der Waals surface area contributed by atoms with Crippen molar-refractivity contribution in [1.29, 1.82) is 0 Å². The Kier molecular flexibility index (Phi) is 3.75. The maximum absolute atomic E-state index is 3.88. The lowest BCUT2D eigenvalue weighted by molar-refractivity contribution is 0.279. The predicted octanol–water partition coefficient (Wildman–Crippen LogP) is 3.98. The SMILES string of the molecule is CCCNC(CC1CCCC1)C1CC2CC2C1. The van der Waals surface area contributed by atoms with E-state index in [2.05, 4.69) is 12.2 Å². The molecule has 3 fully saturated rings. The lowest BCUT2D eigenvalue weighted by Crippen LogP contribution is -2.37. The molecule has 1 N–H and O–H groups in total. The van der Waals surface area contributed by atoms with Gasteiger partial charge in [0.2, 0.25) is 0 Å². The Labute approximate surface area is 107 Å². The number of nitrogens with one attached hydrogen (secondary N) is 1. The predicted molar refractivity (Wildman–Crippen MR) is 73.0 cm³/mol. The van der Waals surface area contributed by atoms with Gasteiger partial charge in [0, 0.05) is 6.04 Å². The fourth-order valence-electron chi connectivity index (χ4n) is 4.47. The van der Waals surface area contributed by atoms with Gasteiger partial charge in [0.15, 0.2) is 0 Å².